The molecule has 28 heavy (non-hydrogen) atoms. The molecule has 3 fully saturated rings. The van der Waals surface area contributed by atoms with Crippen LogP contribution < -0.4 is 5.46 Å². The van der Waals surface area contributed by atoms with Crippen molar-refractivity contribution in [3.05, 3.63) is 12.4 Å². The van der Waals surface area contributed by atoms with Gasteiger partial charge in [-0.2, -0.15) is 5.10 Å². The monoisotopic (exact) mass is 387 g/mol. The molecule has 3 aliphatic rings. The lowest BCUT2D eigenvalue weighted by molar-refractivity contribution is 0.00578. The minimum Gasteiger partial charge on any atom is -0.399 e. The number of hydrogen-bond acceptors (Lipinski definition) is 4. The molecule has 0 unspecified atom stereocenters. The second-order valence-electron chi connectivity index (χ2n) is 10.5. The van der Waals surface area contributed by atoms with Gasteiger partial charge < -0.3 is 14.2 Å². The van der Waals surface area contributed by atoms with Crippen LogP contribution in [0.2, 0.25) is 0 Å². The summed E-state index contributed by atoms with van der Waals surface area (Å²) in [5.41, 5.74) is 0.432. The number of aromatic nitrogens is 2. The van der Waals surface area contributed by atoms with Gasteiger partial charge in [0.1, 0.15) is 0 Å². The number of nitrogens with zero attached hydrogens (tertiary/aromatic N) is 3. The molecule has 2 aliphatic heterocycles. The first-order valence-electron chi connectivity index (χ1n) is 11.4. The topological polar surface area (TPSA) is 39.5 Å². The van der Waals surface area contributed by atoms with E-state index in [0.29, 0.717) is 6.04 Å². The molecule has 0 spiro atoms. The molecule has 0 radical (unpaired) electrons. The fourth-order valence-electron chi connectivity index (χ4n) is 4.90. The van der Waals surface area contributed by atoms with Gasteiger partial charge in [-0.25, -0.2) is 0 Å². The van der Waals surface area contributed by atoms with Crippen molar-refractivity contribution in [2.45, 2.75) is 90.4 Å². The first kappa shape index (κ1) is 20.4. The SMILES string of the molecule is CC1CCC(CN2CCC(n3cc(B4OC(C)(C)C(C)(C)O4)cn3)CC2)CC1. The Morgan fingerprint density at radius 3 is 2.21 bits per heavy atom. The highest BCUT2D eigenvalue weighted by molar-refractivity contribution is 6.62. The van der Waals surface area contributed by atoms with Crippen molar-refractivity contribution in [3.8, 4) is 0 Å². The van der Waals surface area contributed by atoms with Crippen LogP contribution in [0.5, 0.6) is 0 Å². The zero-order chi connectivity index (χ0) is 19.9. The lowest BCUT2D eigenvalue weighted by Crippen LogP contribution is -2.41. The van der Waals surface area contributed by atoms with Gasteiger partial charge in [0.05, 0.1) is 17.2 Å². The average molecular weight is 387 g/mol. The largest absolute Gasteiger partial charge is 0.498 e. The third-order valence-corrected chi connectivity index (χ3v) is 7.73. The highest BCUT2D eigenvalue weighted by Gasteiger charge is 2.52. The van der Waals surface area contributed by atoms with Crippen LogP contribution in [0.4, 0.5) is 0 Å². The molecular weight excluding hydrogens is 349 g/mol. The van der Waals surface area contributed by atoms with Crippen LogP contribution in [-0.2, 0) is 9.31 Å². The van der Waals surface area contributed by atoms with E-state index in [1.165, 1.54) is 58.2 Å². The molecule has 0 N–H and O–H groups in total. The number of piperidine rings is 1. The molecule has 1 aromatic rings. The lowest BCUT2D eigenvalue weighted by Gasteiger charge is -2.36. The van der Waals surface area contributed by atoms with Gasteiger partial charge in [0.25, 0.3) is 0 Å². The van der Waals surface area contributed by atoms with E-state index < -0.39 is 0 Å². The fraction of sp³-hybridized carbons (Fsp3) is 0.864. The van der Waals surface area contributed by atoms with Crippen molar-refractivity contribution in [2.75, 3.05) is 19.6 Å². The van der Waals surface area contributed by atoms with E-state index in [9.17, 15) is 0 Å². The van der Waals surface area contributed by atoms with Gasteiger partial charge >= 0.3 is 7.12 Å². The molecule has 4 rings (SSSR count). The Bertz CT molecular complexity index is 642. The lowest BCUT2D eigenvalue weighted by atomic mass is 9.82. The Morgan fingerprint density at radius 2 is 1.61 bits per heavy atom. The van der Waals surface area contributed by atoms with Crippen molar-refractivity contribution in [1.29, 1.82) is 0 Å². The first-order chi connectivity index (χ1) is 13.2. The maximum absolute atomic E-state index is 6.18. The number of rotatable bonds is 4. The molecule has 0 bridgehead atoms. The van der Waals surface area contributed by atoms with Crippen LogP contribution in [0, 0.1) is 11.8 Å². The van der Waals surface area contributed by atoms with Crippen LogP contribution in [0.25, 0.3) is 0 Å². The third-order valence-electron chi connectivity index (χ3n) is 7.73. The predicted molar refractivity (Wildman–Crippen MR) is 114 cm³/mol. The van der Waals surface area contributed by atoms with E-state index >= 15 is 0 Å². The van der Waals surface area contributed by atoms with Crippen molar-refractivity contribution in [2.24, 2.45) is 11.8 Å². The fourth-order valence-corrected chi connectivity index (χ4v) is 4.90. The summed E-state index contributed by atoms with van der Waals surface area (Å²) in [6, 6.07) is 0.499. The third kappa shape index (κ3) is 4.19. The molecule has 1 saturated carbocycles. The van der Waals surface area contributed by atoms with E-state index in [0.717, 1.165) is 17.3 Å². The first-order valence-corrected chi connectivity index (χ1v) is 11.4. The molecule has 0 amide bonds. The minimum atomic E-state index is -0.312. The quantitative estimate of drug-likeness (QED) is 0.740. The van der Waals surface area contributed by atoms with Crippen molar-refractivity contribution < 1.29 is 9.31 Å². The summed E-state index contributed by atoms with van der Waals surface area (Å²) in [6.07, 6.45) is 12.2. The normalized spacial score (nSPS) is 31.4. The molecule has 2 saturated heterocycles. The summed E-state index contributed by atoms with van der Waals surface area (Å²) in [5.74, 6) is 1.87. The Labute approximate surface area is 171 Å². The average Bonchev–Trinajstić information content (AvgIpc) is 3.21. The molecule has 0 atom stereocenters. The molecule has 1 aromatic heterocycles. The van der Waals surface area contributed by atoms with Gasteiger partial charge in [-0.1, -0.05) is 19.8 Å². The van der Waals surface area contributed by atoms with Gasteiger partial charge in [-0.05, 0) is 65.2 Å². The van der Waals surface area contributed by atoms with Crippen LogP contribution in [-0.4, -0.2) is 52.6 Å². The molecule has 6 heteroatoms. The van der Waals surface area contributed by atoms with Crippen LogP contribution in [0.3, 0.4) is 0 Å². The molecule has 156 valence electrons. The van der Waals surface area contributed by atoms with Gasteiger partial charge in [0.15, 0.2) is 0 Å². The molecule has 3 heterocycles. The maximum atomic E-state index is 6.18. The van der Waals surface area contributed by atoms with Crippen LogP contribution in [0.15, 0.2) is 12.4 Å². The van der Waals surface area contributed by atoms with Crippen LogP contribution in [0.1, 0.15) is 79.2 Å². The van der Waals surface area contributed by atoms with Gasteiger partial charge in [-0.15, -0.1) is 0 Å². The molecule has 0 aromatic carbocycles. The summed E-state index contributed by atoms with van der Waals surface area (Å²) < 4.78 is 14.5. The maximum Gasteiger partial charge on any atom is 0.498 e. The van der Waals surface area contributed by atoms with E-state index in [1.54, 1.807) is 0 Å². The van der Waals surface area contributed by atoms with E-state index in [-0.39, 0.29) is 18.3 Å². The van der Waals surface area contributed by atoms with E-state index in [1.807, 2.05) is 6.20 Å². The van der Waals surface area contributed by atoms with Crippen molar-refractivity contribution in [3.63, 3.8) is 0 Å². The Morgan fingerprint density at radius 1 is 1.00 bits per heavy atom. The zero-order valence-corrected chi connectivity index (χ0v) is 18.5. The summed E-state index contributed by atoms with van der Waals surface area (Å²) in [6.45, 7) is 14.5. The van der Waals surface area contributed by atoms with E-state index in [4.69, 9.17) is 9.31 Å². The summed E-state index contributed by atoms with van der Waals surface area (Å²) in [4.78, 5) is 2.69. The predicted octanol–water partition coefficient (Wildman–Crippen LogP) is 3.65. The standard InChI is InChI=1S/C22H38BN3O2/c1-17-6-8-18(9-7-17)15-25-12-10-20(11-13-25)26-16-19(14-24-26)23-27-21(2,3)22(4,5)28-23/h14,16-18,20H,6-13,15H2,1-5H3. The second kappa shape index (κ2) is 7.77. The van der Waals surface area contributed by atoms with Gasteiger partial charge in [-0.3, -0.25) is 4.68 Å². The van der Waals surface area contributed by atoms with E-state index in [2.05, 4.69) is 55.5 Å². The summed E-state index contributed by atoms with van der Waals surface area (Å²) in [5, 5.41) is 4.67. The Kier molecular flexibility index (Phi) is 5.67. The van der Waals surface area contributed by atoms with Crippen LogP contribution >= 0.6 is 0 Å². The number of likely N-dealkylation sites (tertiary alicyclic amines) is 1. The Hall–Kier alpha value is -0.845. The minimum absolute atomic E-state index is 0.304. The van der Waals surface area contributed by atoms with Crippen molar-refractivity contribution >= 4 is 12.6 Å². The molecule has 5 nitrogen and oxygen atoms in total. The second-order valence-corrected chi connectivity index (χ2v) is 10.5. The highest BCUT2D eigenvalue weighted by atomic mass is 16.7. The highest BCUT2D eigenvalue weighted by Crippen LogP contribution is 2.36. The van der Waals surface area contributed by atoms with Crippen molar-refractivity contribution in [1.82, 2.24) is 14.7 Å². The van der Waals surface area contributed by atoms with Gasteiger partial charge in [0, 0.05) is 37.5 Å². The zero-order valence-electron chi connectivity index (χ0n) is 18.5. The Balaban J connectivity index is 1.29. The van der Waals surface area contributed by atoms with Gasteiger partial charge in [0.2, 0.25) is 0 Å². The smallest absolute Gasteiger partial charge is 0.399 e. The summed E-state index contributed by atoms with van der Waals surface area (Å²) >= 11 is 0. The molecular formula is C22H38BN3O2. The summed E-state index contributed by atoms with van der Waals surface area (Å²) in [7, 11) is -0.312. The molecule has 1 aliphatic carbocycles. The number of hydrogen-bond donors (Lipinski definition) is 0.